The van der Waals surface area contributed by atoms with Gasteiger partial charge in [-0.3, -0.25) is 0 Å². The van der Waals surface area contributed by atoms with E-state index in [1.807, 2.05) is 24.3 Å². The van der Waals surface area contributed by atoms with Crippen LogP contribution in [0.15, 0.2) is 60.7 Å². The van der Waals surface area contributed by atoms with Gasteiger partial charge in [0.1, 0.15) is 0 Å². The van der Waals surface area contributed by atoms with Crippen molar-refractivity contribution in [1.82, 2.24) is 0 Å². The molecule has 2 aromatic carbocycles. The molecule has 0 saturated heterocycles. The lowest BCUT2D eigenvalue weighted by Crippen LogP contribution is -2.06. The van der Waals surface area contributed by atoms with Gasteiger partial charge in [0.05, 0.1) is 13.2 Å². The zero-order chi connectivity index (χ0) is 20.2. The van der Waals surface area contributed by atoms with Gasteiger partial charge in [0, 0.05) is 22.2 Å². The third-order valence-corrected chi connectivity index (χ3v) is 4.10. The van der Waals surface area contributed by atoms with E-state index in [4.69, 9.17) is 32.7 Å². The molecule has 0 aliphatic rings. The van der Waals surface area contributed by atoms with Crippen LogP contribution in [0.3, 0.4) is 0 Å². The van der Waals surface area contributed by atoms with Gasteiger partial charge in [-0.2, -0.15) is 0 Å². The average molecular weight is 419 g/mol. The second-order valence-electron chi connectivity index (χ2n) is 5.81. The molecule has 0 N–H and O–H groups in total. The minimum absolute atomic E-state index is 0.266. The van der Waals surface area contributed by atoms with Gasteiger partial charge in [0.25, 0.3) is 0 Å². The molecule has 0 heterocycles. The summed E-state index contributed by atoms with van der Waals surface area (Å²) in [6.07, 6.45) is 7.26. The molecule has 146 valence electrons. The number of rotatable bonds is 9. The van der Waals surface area contributed by atoms with Crippen LogP contribution in [0.1, 0.15) is 24.0 Å². The highest BCUT2D eigenvalue weighted by Crippen LogP contribution is 2.11. The van der Waals surface area contributed by atoms with E-state index in [9.17, 15) is 9.59 Å². The molecular weight excluding hydrogens is 399 g/mol. The number of carbonyl (C=O) groups is 2. The maximum Gasteiger partial charge on any atom is 0.330 e. The zero-order valence-electron chi connectivity index (χ0n) is 15.1. The van der Waals surface area contributed by atoms with Crippen molar-refractivity contribution in [2.75, 3.05) is 13.2 Å². The van der Waals surface area contributed by atoms with Gasteiger partial charge >= 0.3 is 11.9 Å². The van der Waals surface area contributed by atoms with E-state index in [-0.39, 0.29) is 13.2 Å². The summed E-state index contributed by atoms with van der Waals surface area (Å²) >= 11 is 11.6. The van der Waals surface area contributed by atoms with Gasteiger partial charge in [0.15, 0.2) is 0 Å². The molecule has 0 aromatic heterocycles. The van der Waals surface area contributed by atoms with E-state index >= 15 is 0 Å². The third-order valence-electron chi connectivity index (χ3n) is 3.59. The Labute approximate surface area is 174 Å². The molecule has 0 saturated carbocycles. The summed E-state index contributed by atoms with van der Waals surface area (Å²) in [4.78, 5) is 23.3. The van der Waals surface area contributed by atoms with Crippen LogP contribution in [0.25, 0.3) is 12.2 Å². The van der Waals surface area contributed by atoms with E-state index in [1.54, 1.807) is 36.4 Å². The smallest absolute Gasteiger partial charge is 0.330 e. The molecule has 0 bridgehead atoms. The van der Waals surface area contributed by atoms with Crippen molar-refractivity contribution in [1.29, 1.82) is 0 Å². The predicted molar refractivity (Wildman–Crippen MR) is 112 cm³/mol. The molecule has 4 nitrogen and oxygen atoms in total. The van der Waals surface area contributed by atoms with Crippen molar-refractivity contribution in [3.05, 3.63) is 81.9 Å². The maximum absolute atomic E-state index is 11.6. The van der Waals surface area contributed by atoms with Gasteiger partial charge in [-0.15, -0.1) is 0 Å². The summed E-state index contributed by atoms with van der Waals surface area (Å²) in [6, 6.07) is 14.2. The number of hydrogen-bond donors (Lipinski definition) is 0. The molecule has 2 aromatic rings. The topological polar surface area (TPSA) is 52.6 Å². The molecule has 0 atom stereocenters. The first-order chi connectivity index (χ1) is 13.5. The predicted octanol–water partition coefficient (Wildman–Crippen LogP) is 5.59. The van der Waals surface area contributed by atoms with Crippen LogP contribution in [-0.4, -0.2) is 25.2 Å². The Balaban J connectivity index is 1.56. The number of hydrogen-bond acceptors (Lipinski definition) is 4. The molecule has 0 aliphatic carbocycles. The van der Waals surface area contributed by atoms with Crippen molar-refractivity contribution >= 4 is 47.3 Å². The van der Waals surface area contributed by atoms with Gasteiger partial charge in [-0.05, 0) is 60.4 Å². The fourth-order valence-electron chi connectivity index (χ4n) is 2.12. The van der Waals surface area contributed by atoms with E-state index in [1.165, 1.54) is 12.2 Å². The van der Waals surface area contributed by atoms with Crippen molar-refractivity contribution in [2.24, 2.45) is 0 Å². The molecule has 0 aliphatic heterocycles. The molecule has 0 radical (unpaired) electrons. The van der Waals surface area contributed by atoms with E-state index < -0.39 is 11.9 Å². The lowest BCUT2D eigenvalue weighted by molar-refractivity contribution is -0.140. The standard InChI is InChI=1S/C22H20Cl2O4/c23-19-9-3-17(4-10-19)7-13-21(25)27-15-1-2-16-28-22(26)14-8-18-5-11-20(24)12-6-18/h3-14H,1-2,15-16H2/b13-7-,14-8-. The first-order valence-electron chi connectivity index (χ1n) is 8.74. The number of esters is 2. The Kier molecular flexibility index (Phi) is 9.32. The van der Waals surface area contributed by atoms with Crippen molar-refractivity contribution < 1.29 is 19.1 Å². The average Bonchev–Trinajstić information content (AvgIpc) is 2.69. The highest BCUT2D eigenvalue weighted by atomic mass is 35.5. The van der Waals surface area contributed by atoms with Crippen LogP contribution < -0.4 is 0 Å². The summed E-state index contributed by atoms with van der Waals surface area (Å²) in [5.74, 6) is -0.837. The van der Waals surface area contributed by atoms with E-state index in [0.29, 0.717) is 22.9 Å². The number of halogens is 2. The van der Waals surface area contributed by atoms with Crippen LogP contribution in [0.4, 0.5) is 0 Å². The Bertz CT molecular complexity index is 753. The van der Waals surface area contributed by atoms with Crippen LogP contribution in [0.5, 0.6) is 0 Å². The van der Waals surface area contributed by atoms with Gasteiger partial charge < -0.3 is 9.47 Å². The first-order valence-corrected chi connectivity index (χ1v) is 9.49. The third kappa shape index (κ3) is 8.89. The Morgan fingerprint density at radius 3 is 1.39 bits per heavy atom. The summed E-state index contributed by atoms with van der Waals surface area (Å²) in [5.41, 5.74) is 1.72. The number of carbonyl (C=O) groups excluding carboxylic acids is 2. The Morgan fingerprint density at radius 2 is 1.04 bits per heavy atom. The van der Waals surface area contributed by atoms with Crippen molar-refractivity contribution in [3.8, 4) is 0 Å². The maximum atomic E-state index is 11.6. The molecule has 2 rings (SSSR count). The van der Waals surface area contributed by atoms with Crippen LogP contribution in [0, 0.1) is 0 Å². The fraction of sp³-hybridized carbons (Fsp3) is 0.182. The first kappa shape index (κ1) is 21.7. The quantitative estimate of drug-likeness (QED) is 0.302. The summed E-state index contributed by atoms with van der Waals surface area (Å²) in [5, 5.41) is 1.28. The van der Waals surface area contributed by atoms with Gasteiger partial charge in [-0.25, -0.2) is 9.59 Å². The van der Waals surface area contributed by atoms with E-state index in [0.717, 1.165) is 11.1 Å². The molecule has 0 fully saturated rings. The Hall–Kier alpha value is -2.56. The number of benzene rings is 2. The molecular formula is C22H20Cl2O4. The highest BCUT2D eigenvalue weighted by Gasteiger charge is 2.00. The second-order valence-corrected chi connectivity index (χ2v) is 6.68. The van der Waals surface area contributed by atoms with Gasteiger partial charge in [-0.1, -0.05) is 47.5 Å². The highest BCUT2D eigenvalue weighted by molar-refractivity contribution is 6.30. The number of ether oxygens (including phenoxy) is 2. The lowest BCUT2D eigenvalue weighted by Gasteiger charge is -2.03. The van der Waals surface area contributed by atoms with Gasteiger partial charge in [0.2, 0.25) is 0 Å². The summed E-state index contributed by atoms with van der Waals surface area (Å²) < 4.78 is 10.2. The summed E-state index contributed by atoms with van der Waals surface area (Å²) in [6.45, 7) is 0.532. The molecule has 0 unspecified atom stereocenters. The summed E-state index contributed by atoms with van der Waals surface area (Å²) in [7, 11) is 0. The largest absolute Gasteiger partial charge is 0.463 e. The molecule has 0 spiro atoms. The van der Waals surface area contributed by atoms with Crippen LogP contribution >= 0.6 is 23.2 Å². The SMILES string of the molecule is O=C(/C=C\c1ccc(Cl)cc1)OCCCCOC(=O)/C=C\c1ccc(Cl)cc1. The number of unbranched alkanes of at least 4 members (excludes halogenated alkanes) is 1. The minimum atomic E-state index is -0.419. The second kappa shape index (κ2) is 12.0. The molecule has 6 heteroatoms. The monoisotopic (exact) mass is 418 g/mol. The molecule has 28 heavy (non-hydrogen) atoms. The van der Waals surface area contributed by atoms with Crippen molar-refractivity contribution in [3.63, 3.8) is 0 Å². The minimum Gasteiger partial charge on any atom is -0.463 e. The zero-order valence-corrected chi connectivity index (χ0v) is 16.7. The fourth-order valence-corrected chi connectivity index (χ4v) is 2.37. The van der Waals surface area contributed by atoms with Crippen LogP contribution in [-0.2, 0) is 19.1 Å². The lowest BCUT2D eigenvalue weighted by atomic mass is 10.2. The van der Waals surface area contributed by atoms with E-state index in [2.05, 4.69) is 0 Å². The normalized spacial score (nSPS) is 11.1. The van der Waals surface area contributed by atoms with Crippen molar-refractivity contribution in [2.45, 2.75) is 12.8 Å². The van der Waals surface area contributed by atoms with Crippen LogP contribution in [0.2, 0.25) is 10.0 Å². The molecule has 0 amide bonds. The Morgan fingerprint density at radius 1 is 0.679 bits per heavy atom.